The molecule has 258 valence electrons. The summed E-state index contributed by atoms with van der Waals surface area (Å²) in [5, 5.41) is 15.9. The smallest absolute Gasteiger partial charge is 0.148 e. The van der Waals surface area contributed by atoms with E-state index in [2.05, 4.69) is 155 Å². The average Bonchev–Trinajstić information content (AvgIpc) is 3.97. The molecule has 6 aromatic carbocycles. The molecule has 7 heteroatoms. The molecule has 0 aliphatic heterocycles. The molecule has 0 amide bonds. The number of pyridine rings is 2. The monoisotopic (exact) mass is 722 g/mol. The van der Waals surface area contributed by atoms with Crippen molar-refractivity contribution < 1.29 is 0 Å². The van der Waals surface area contributed by atoms with Gasteiger partial charge in [-0.25, -0.2) is 9.97 Å². The van der Waals surface area contributed by atoms with Crippen molar-refractivity contribution in [3.05, 3.63) is 182 Å². The second-order valence-corrected chi connectivity index (χ2v) is 14.6. The normalized spacial score (nSPS) is 11.6. The van der Waals surface area contributed by atoms with Gasteiger partial charge in [0.25, 0.3) is 0 Å². The van der Waals surface area contributed by atoms with E-state index in [9.17, 15) is 0 Å². The minimum absolute atomic E-state index is 0.865. The van der Waals surface area contributed by atoms with Gasteiger partial charge in [0.1, 0.15) is 21.7 Å². The van der Waals surface area contributed by atoms with Crippen molar-refractivity contribution in [2.75, 3.05) is 0 Å². The summed E-state index contributed by atoms with van der Waals surface area (Å²) in [5.41, 5.74) is 10.5. The minimum atomic E-state index is 0.865. The summed E-state index contributed by atoms with van der Waals surface area (Å²) in [6.45, 7) is 0. The molecule has 0 aliphatic carbocycles. The molecule has 0 saturated heterocycles. The van der Waals surface area contributed by atoms with E-state index in [0.29, 0.717) is 0 Å². The summed E-state index contributed by atoms with van der Waals surface area (Å²) in [6, 6.07) is 63.3. The summed E-state index contributed by atoms with van der Waals surface area (Å²) in [7, 11) is 0. The first-order valence-corrected chi connectivity index (χ1v) is 19.0. The maximum Gasteiger partial charge on any atom is 0.148 e. The van der Waals surface area contributed by atoms with Crippen LogP contribution in [0.4, 0.5) is 0 Å². The number of hydrogen-bond donors (Lipinski definition) is 0. The van der Waals surface area contributed by atoms with E-state index in [1.165, 1.54) is 16.2 Å². The zero-order valence-electron chi connectivity index (χ0n) is 29.4. The molecule has 5 aromatic heterocycles. The van der Waals surface area contributed by atoms with Crippen LogP contribution in [0.3, 0.4) is 0 Å². The van der Waals surface area contributed by atoms with Crippen LogP contribution in [0.2, 0.25) is 0 Å². The van der Waals surface area contributed by atoms with Crippen molar-refractivity contribution >= 4 is 54.9 Å². The third-order valence-corrected chi connectivity index (χ3v) is 11.4. The molecule has 0 atom stereocenters. The van der Waals surface area contributed by atoms with Gasteiger partial charge < -0.3 is 0 Å². The summed E-state index contributed by atoms with van der Waals surface area (Å²) >= 11 is 1.61. The predicted molar refractivity (Wildman–Crippen MR) is 226 cm³/mol. The van der Waals surface area contributed by atoms with Crippen molar-refractivity contribution in [1.82, 2.24) is 29.3 Å². The van der Waals surface area contributed by atoms with Crippen molar-refractivity contribution in [1.29, 1.82) is 0 Å². The average molecular weight is 723 g/mol. The van der Waals surface area contributed by atoms with Crippen molar-refractivity contribution in [3.8, 4) is 55.3 Å². The third kappa shape index (κ3) is 5.24. The molecule has 0 unspecified atom stereocenters. The summed E-state index contributed by atoms with van der Waals surface area (Å²) in [4.78, 5) is 10.3. The lowest BCUT2D eigenvalue weighted by molar-refractivity contribution is 1.08. The van der Waals surface area contributed by atoms with Crippen LogP contribution in [0.15, 0.2) is 182 Å². The fraction of sp³-hybridized carbons (Fsp3) is 0. The van der Waals surface area contributed by atoms with Gasteiger partial charge in [-0.1, -0.05) is 133 Å². The maximum absolute atomic E-state index is 5.15. The fourth-order valence-corrected chi connectivity index (χ4v) is 8.63. The Morgan fingerprint density at radius 1 is 0.327 bits per heavy atom. The molecular formula is C48H30N6S. The molecule has 0 bridgehead atoms. The number of aromatic nitrogens is 6. The molecule has 6 nitrogen and oxygen atoms in total. The second-order valence-electron chi connectivity index (χ2n) is 13.6. The zero-order chi connectivity index (χ0) is 36.3. The second kappa shape index (κ2) is 12.7. The van der Waals surface area contributed by atoms with Gasteiger partial charge >= 0.3 is 0 Å². The number of rotatable bonds is 6. The Bertz CT molecular complexity index is 3210. The highest BCUT2D eigenvalue weighted by Crippen LogP contribution is 2.39. The molecule has 11 rings (SSSR count). The van der Waals surface area contributed by atoms with Crippen LogP contribution in [0, 0.1) is 0 Å². The molecule has 0 spiro atoms. The quantitative estimate of drug-likeness (QED) is 0.171. The van der Waals surface area contributed by atoms with Crippen molar-refractivity contribution in [2.45, 2.75) is 0 Å². The first kappa shape index (κ1) is 31.3. The van der Waals surface area contributed by atoms with Crippen LogP contribution in [0.1, 0.15) is 0 Å². The maximum atomic E-state index is 5.15. The molecule has 11 aromatic rings. The summed E-state index contributed by atoms with van der Waals surface area (Å²) in [5.74, 6) is 1.76. The molecule has 0 N–H and O–H groups in total. The van der Waals surface area contributed by atoms with Crippen LogP contribution < -0.4 is 0 Å². The van der Waals surface area contributed by atoms with Crippen LogP contribution in [0.25, 0.3) is 98.9 Å². The Morgan fingerprint density at radius 3 is 1.42 bits per heavy atom. The van der Waals surface area contributed by atoms with Gasteiger partial charge in [0.05, 0.1) is 33.5 Å². The predicted octanol–water partition coefficient (Wildman–Crippen LogP) is 12.2. The summed E-state index contributed by atoms with van der Waals surface area (Å²) in [6.07, 6.45) is 0. The topological polar surface area (TPSA) is 61.4 Å². The number of benzene rings is 6. The van der Waals surface area contributed by atoms with Crippen molar-refractivity contribution in [2.24, 2.45) is 0 Å². The highest BCUT2D eigenvalue weighted by molar-refractivity contribution is 7.17. The van der Waals surface area contributed by atoms with Gasteiger partial charge in [-0.3, -0.25) is 9.13 Å². The highest BCUT2D eigenvalue weighted by atomic mass is 32.1. The number of hydrogen-bond acceptors (Lipinski definition) is 5. The third-order valence-electron chi connectivity index (χ3n) is 10.3. The largest absolute Gasteiger partial charge is 0.294 e. The molecule has 5 heterocycles. The first-order valence-electron chi connectivity index (χ1n) is 18.2. The lowest BCUT2D eigenvalue weighted by Crippen LogP contribution is -1.98. The summed E-state index contributed by atoms with van der Waals surface area (Å²) < 4.78 is 4.52. The molecule has 55 heavy (non-hydrogen) atoms. The standard InChI is InChI=1S/C48H30N6S/c1-3-13-31(14-4-1)39-19-11-23-45(49-39)53-42-22-10-8-18-36(42)38-29-33(26-28-43(38)53)47-51-52-48(55-47)34-25-27-37-35-17-7-9-21-41(35)54(44(37)30-34)46-24-12-20-40(50-46)32-15-5-2-6-16-32/h1-30H. The molecular weight excluding hydrogens is 693 g/mol. The molecule has 0 saturated carbocycles. The Morgan fingerprint density at radius 2 is 0.800 bits per heavy atom. The van der Waals surface area contributed by atoms with Gasteiger partial charge in [-0.15, -0.1) is 10.2 Å². The molecule has 0 radical (unpaired) electrons. The lowest BCUT2D eigenvalue weighted by atomic mass is 10.1. The van der Waals surface area contributed by atoms with E-state index < -0.39 is 0 Å². The Labute approximate surface area is 320 Å². The van der Waals surface area contributed by atoms with Gasteiger partial charge in [0, 0.05) is 43.8 Å². The van der Waals surface area contributed by atoms with E-state index in [1.807, 2.05) is 36.4 Å². The van der Waals surface area contributed by atoms with Crippen LogP contribution in [-0.4, -0.2) is 29.3 Å². The van der Waals surface area contributed by atoms with Crippen molar-refractivity contribution in [3.63, 3.8) is 0 Å². The van der Waals surface area contributed by atoms with E-state index in [1.54, 1.807) is 11.3 Å². The first-order chi connectivity index (χ1) is 27.3. The molecule has 0 fully saturated rings. The van der Waals surface area contributed by atoms with Gasteiger partial charge in [0.15, 0.2) is 0 Å². The number of fused-ring (bicyclic) bond motifs is 6. The van der Waals surface area contributed by atoms with E-state index in [0.717, 1.165) is 82.7 Å². The van der Waals surface area contributed by atoms with Gasteiger partial charge in [0.2, 0.25) is 0 Å². The number of para-hydroxylation sites is 2. The van der Waals surface area contributed by atoms with Crippen LogP contribution in [0.5, 0.6) is 0 Å². The molecule has 0 aliphatic rings. The Hall–Kier alpha value is -7.22. The SMILES string of the molecule is c1ccc(-c2cccc(-n3c4ccccc4c4cc(-c5nnc(-c6ccc7c8ccccc8n(-c8cccc(-c9ccccc9)n8)c7c6)s5)ccc43)n2)cc1. The van der Waals surface area contributed by atoms with Crippen LogP contribution >= 0.6 is 11.3 Å². The highest BCUT2D eigenvalue weighted by Gasteiger charge is 2.19. The Balaban J connectivity index is 1.00. The van der Waals surface area contributed by atoms with E-state index in [4.69, 9.17) is 20.2 Å². The minimum Gasteiger partial charge on any atom is -0.294 e. The van der Waals surface area contributed by atoms with Gasteiger partial charge in [-0.2, -0.15) is 0 Å². The lowest BCUT2D eigenvalue weighted by Gasteiger charge is -2.09. The van der Waals surface area contributed by atoms with Crippen LogP contribution in [-0.2, 0) is 0 Å². The van der Waals surface area contributed by atoms with Gasteiger partial charge in [-0.05, 0) is 60.7 Å². The fourth-order valence-electron chi connectivity index (χ4n) is 7.79. The number of nitrogens with zero attached hydrogens (tertiary/aromatic N) is 6. The van der Waals surface area contributed by atoms with E-state index in [-0.39, 0.29) is 0 Å². The zero-order valence-corrected chi connectivity index (χ0v) is 30.2. The van der Waals surface area contributed by atoms with E-state index >= 15 is 0 Å². The Kier molecular flexibility index (Phi) is 7.25.